The second kappa shape index (κ2) is 5.27. The van der Waals surface area contributed by atoms with E-state index in [1.165, 1.54) is 6.07 Å². The molecule has 1 heterocycles. The average Bonchev–Trinajstić information content (AvgIpc) is 2.72. The lowest BCUT2D eigenvalue weighted by molar-refractivity contribution is 0.0948. The molecule has 0 unspecified atom stereocenters. The van der Waals surface area contributed by atoms with Gasteiger partial charge in [0.1, 0.15) is 5.75 Å². The number of nitrogens with zero attached hydrogens (tertiary/aromatic N) is 1. The van der Waals surface area contributed by atoms with E-state index < -0.39 is 0 Å². The summed E-state index contributed by atoms with van der Waals surface area (Å²) in [5, 5.41) is 12.4. The Bertz CT molecular complexity index is 578. The first-order valence-electron chi connectivity index (χ1n) is 5.44. The topological polar surface area (TPSA) is 54.3 Å². The van der Waals surface area contributed by atoms with E-state index in [4.69, 9.17) is 0 Å². The standard InChI is InChI=1S/C13H13BrN2O2/c1-16-5-4-9(8-16)7-15-13(18)11-3-2-10(14)6-12(11)17/h2-6,8,17H,7H2,1H3,(H,15,18). The molecule has 2 aromatic rings. The number of hydrogen-bond donors (Lipinski definition) is 2. The first-order valence-corrected chi connectivity index (χ1v) is 6.23. The third-order valence-electron chi connectivity index (χ3n) is 2.55. The van der Waals surface area contributed by atoms with Gasteiger partial charge >= 0.3 is 0 Å². The highest BCUT2D eigenvalue weighted by molar-refractivity contribution is 9.10. The number of aryl methyl sites for hydroxylation is 1. The van der Waals surface area contributed by atoms with Crippen LogP contribution in [0.4, 0.5) is 0 Å². The van der Waals surface area contributed by atoms with Crippen molar-refractivity contribution in [2.24, 2.45) is 7.05 Å². The van der Waals surface area contributed by atoms with Crippen LogP contribution in [0.1, 0.15) is 15.9 Å². The Hall–Kier alpha value is -1.75. The number of benzene rings is 1. The highest BCUT2D eigenvalue weighted by Crippen LogP contribution is 2.22. The fourth-order valence-electron chi connectivity index (χ4n) is 1.64. The van der Waals surface area contributed by atoms with Crippen LogP contribution < -0.4 is 5.32 Å². The molecule has 0 aliphatic heterocycles. The van der Waals surface area contributed by atoms with Gasteiger partial charge < -0.3 is 15.0 Å². The number of amides is 1. The molecule has 0 saturated carbocycles. The van der Waals surface area contributed by atoms with Gasteiger partial charge in [-0.2, -0.15) is 0 Å². The van der Waals surface area contributed by atoms with Crippen LogP contribution in [0.15, 0.2) is 41.1 Å². The minimum atomic E-state index is -0.288. The quantitative estimate of drug-likeness (QED) is 0.915. The van der Waals surface area contributed by atoms with Gasteiger partial charge in [0, 0.05) is 30.5 Å². The summed E-state index contributed by atoms with van der Waals surface area (Å²) in [6.45, 7) is 0.440. The van der Waals surface area contributed by atoms with Crippen molar-refractivity contribution in [2.75, 3.05) is 0 Å². The highest BCUT2D eigenvalue weighted by atomic mass is 79.9. The monoisotopic (exact) mass is 308 g/mol. The van der Waals surface area contributed by atoms with Gasteiger partial charge in [-0.05, 0) is 29.8 Å². The molecule has 1 aromatic heterocycles. The number of phenols is 1. The van der Waals surface area contributed by atoms with Gasteiger partial charge in [-0.1, -0.05) is 15.9 Å². The molecule has 2 N–H and O–H groups in total. The van der Waals surface area contributed by atoms with E-state index in [0.29, 0.717) is 6.54 Å². The molecule has 0 saturated heterocycles. The molecule has 0 spiro atoms. The van der Waals surface area contributed by atoms with Gasteiger partial charge in [0.15, 0.2) is 0 Å². The summed E-state index contributed by atoms with van der Waals surface area (Å²) in [6.07, 6.45) is 3.85. The van der Waals surface area contributed by atoms with Crippen LogP contribution in [0.3, 0.4) is 0 Å². The number of phenolic OH excluding ortho intramolecular Hbond substituents is 1. The van der Waals surface area contributed by atoms with Crippen LogP contribution in [-0.4, -0.2) is 15.6 Å². The molecular weight excluding hydrogens is 296 g/mol. The molecule has 0 aliphatic rings. The molecular formula is C13H13BrN2O2. The van der Waals surface area contributed by atoms with E-state index in [2.05, 4.69) is 21.2 Å². The molecule has 94 valence electrons. The van der Waals surface area contributed by atoms with E-state index >= 15 is 0 Å². The van der Waals surface area contributed by atoms with Gasteiger partial charge in [0.05, 0.1) is 5.56 Å². The summed E-state index contributed by atoms with van der Waals surface area (Å²) in [5.74, 6) is -0.321. The van der Waals surface area contributed by atoms with Crippen LogP contribution in [0.25, 0.3) is 0 Å². The summed E-state index contributed by atoms with van der Waals surface area (Å²) in [5.41, 5.74) is 1.29. The Kier molecular flexibility index (Phi) is 3.72. The Balaban J connectivity index is 2.03. The maximum atomic E-state index is 11.9. The fourth-order valence-corrected chi connectivity index (χ4v) is 1.99. The first-order chi connectivity index (χ1) is 8.56. The summed E-state index contributed by atoms with van der Waals surface area (Å²) in [7, 11) is 1.92. The van der Waals surface area contributed by atoms with E-state index in [9.17, 15) is 9.90 Å². The molecule has 0 aliphatic carbocycles. The Labute approximate surface area is 113 Å². The fraction of sp³-hybridized carbons (Fsp3) is 0.154. The molecule has 1 amide bonds. The number of carbonyl (C=O) groups is 1. The molecule has 4 nitrogen and oxygen atoms in total. The number of hydrogen-bond acceptors (Lipinski definition) is 2. The minimum absolute atomic E-state index is 0.0325. The number of aromatic nitrogens is 1. The van der Waals surface area contributed by atoms with Gasteiger partial charge in [0.25, 0.3) is 5.91 Å². The summed E-state index contributed by atoms with van der Waals surface area (Å²) in [6, 6.07) is 6.73. The molecule has 2 rings (SSSR count). The highest BCUT2D eigenvalue weighted by Gasteiger charge is 2.10. The van der Waals surface area contributed by atoms with Crippen LogP contribution in [0.5, 0.6) is 5.75 Å². The molecule has 0 bridgehead atoms. The molecule has 0 radical (unpaired) electrons. The molecule has 5 heteroatoms. The SMILES string of the molecule is Cn1ccc(CNC(=O)c2ccc(Br)cc2O)c1. The zero-order valence-corrected chi connectivity index (χ0v) is 11.4. The van der Waals surface area contributed by atoms with Crippen molar-refractivity contribution in [3.05, 3.63) is 52.3 Å². The van der Waals surface area contributed by atoms with Gasteiger partial charge in [-0.25, -0.2) is 0 Å². The van der Waals surface area contributed by atoms with Crippen molar-refractivity contribution in [1.82, 2.24) is 9.88 Å². The number of nitrogens with one attached hydrogen (secondary N) is 1. The third kappa shape index (κ3) is 2.92. The zero-order chi connectivity index (χ0) is 13.1. The third-order valence-corrected chi connectivity index (χ3v) is 3.04. The van der Waals surface area contributed by atoms with Crippen LogP contribution in [0.2, 0.25) is 0 Å². The molecule has 1 aromatic carbocycles. The summed E-state index contributed by atoms with van der Waals surface area (Å²) < 4.78 is 2.65. The average molecular weight is 309 g/mol. The lowest BCUT2D eigenvalue weighted by Gasteiger charge is -2.06. The number of halogens is 1. The Morgan fingerprint density at radius 3 is 2.83 bits per heavy atom. The van der Waals surface area contributed by atoms with Crippen LogP contribution in [-0.2, 0) is 13.6 Å². The lowest BCUT2D eigenvalue weighted by atomic mass is 10.2. The van der Waals surface area contributed by atoms with Crippen molar-refractivity contribution >= 4 is 21.8 Å². The largest absolute Gasteiger partial charge is 0.507 e. The van der Waals surface area contributed by atoms with Gasteiger partial charge in [-0.3, -0.25) is 4.79 Å². The van der Waals surface area contributed by atoms with Gasteiger partial charge in [0.2, 0.25) is 0 Å². The van der Waals surface area contributed by atoms with Gasteiger partial charge in [-0.15, -0.1) is 0 Å². The van der Waals surface area contributed by atoms with Crippen molar-refractivity contribution in [1.29, 1.82) is 0 Å². The van der Waals surface area contributed by atoms with E-state index in [1.807, 2.05) is 30.1 Å². The Morgan fingerprint density at radius 1 is 1.44 bits per heavy atom. The van der Waals surface area contributed by atoms with E-state index in [0.717, 1.165) is 10.0 Å². The van der Waals surface area contributed by atoms with Crippen LogP contribution in [0, 0.1) is 0 Å². The summed E-state index contributed by atoms with van der Waals surface area (Å²) >= 11 is 3.23. The lowest BCUT2D eigenvalue weighted by Crippen LogP contribution is -2.22. The molecule has 0 atom stereocenters. The van der Waals surface area contributed by atoms with Crippen LogP contribution >= 0.6 is 15.9 Å². The smallest absolute Gasteiger partial charge is 0.255 e. The normalized spacial score (nSPS) is 10.3. The van der Waals surface area contributed by atoms with Crippen molar-refractivity contribution in [3.63, 3.8) is 0 Å². The zero-order valence-electron chi connectivity index (χ0n) is 9.85. The minimum Gasteiger partial charge on any atom is -0.507 e. The Morgan fingerprint density at radius 2 is 2.22 bits per heavy atom. The van der Waals surface area contributed by atoms with Crippen molar-refractivity contribution in [2.45, 2.75) is 6.54 Å². The number of carbonyl (C=O) groups excluding carboxylic acids is 1. The maximum absolute atomic E-state index is 11.9. The summed E-state index contributed by atoms with van der Waals surface area (Å²) in [4.78, 5) is 11.9. The van der Waals surface area contributed by atoms with Crippen molar-refractivity contribution < 1.29 is 9.90 Å². The first kappa shape index (κ1) is 12.7. The number of rotatable bonds is 3. The number of aromatic hydroxyl groups is 1. The predicted octanol–water partition coefficient (Wildman–Crippen LogP) is 2.42. The predicted molar refractivity (Wildman–Crippen MR) is 72.4 cm³/mol. The van der Waals surface area contributed by atoms with E-state index in [-0.39, 0.29) is 17.2 Å². The van der Waals surface area contributed by atoms with E-state index in [1.54, 1.807) is 12.1 Å². The second-order valence-corrected chi connectivity index (χ2v) is 4.95. The van der Waals surface area contributed by atoms with Crippen molar-refractivity contribution in [3.8, 4) is 5.75 Å². The molecule has 0 fully saturated rings. The maximum Gasteiger partial charge on any atom is 0.255 e. The molecule has 18 heavy (non-hydrogen) atoms. The second-order valence-electron chi connectivity index (χ2n) is 4.03.